The van der Waals surface area contributed by atoms with Gasteiger partial charge in [-0.2, -0.15) is 0 Å². The molecule has 1 amide bonds. The highest BCUT2D eigenvalue weighted by molar-refractivity contribution is 5.81. The topological polar surface area (TPSA) is 50.4 Å². The van der Waals surface area contributed by atoms with Crippen LogP contribution in [0, 0.1) is 6.92 Å². The maximum Gasteiger partial charge on any atom is 0.237 e. The van der Waals surface area contributed by atoms with Crippen LogP contribution in [-0.2, 0) is 4.79 Å². The fourth-order valence-electron chi connectivity index (χ4n) is 1.82. The zero-order valence-electron chi connectivity index (χ0n) is 13.1. The molecule has 1 rings (SSSR count). The Hall–Kier alpha value is -1.55. The highest BCUT2D eigenvalue weighted by Crippen LogP contribution is 2.11. The van der Waals surface area contributed by atoms with Crippen LogP contribution in [0.1, 0.15) is 33.3 Å². The molecule has 0 bridgehead atoms. The Morgan fingerprint density at radius 3 is 2.30 bits per heavy atom. The number of benzene rings is 1. The molecule has 20 heavy (non-hydrogen) atoms. The van der Waals surface area contributed by atoms with E-state index in [0.717, 1.165) is 5.75 Å². The lowest BCUT2D eigenvalue weighted by atomic mass is 10.2. The van der Waals surface area contributed by atoms with Crippen molar-refractivity contribution in [1.29, 1.82) is 0 Å². The second-order valence-corrected chi connectivity index (χ2v) is 5.58. The lowest BCUT2D eigenvalue weighted by Gasteiger charge is -2.21. The van der Waals surface area contributed by atoms with Gasteiger partial charge >= 0.3 is 0 Å². The number of hydrogen-bond acceptors (Lipinski definition) is 3. The number of carbonyl (C=O) groups is 1. The molecule has 0 fully saturated rings. The van der Waals surface area contributed by atoms with Crippen molar-refractivity contribution in [2.45, 2.75) is 52.7 Å². The summed E-state index contributed by atoms with van der Waals surface area (Å²) in [6.45, 7) is 10.3. The van der Waals surface area contributed by atoms with Crippen LogP contribution in [0.4, 0.5) is 0 Å². The van der Waals surface area contributed by atoms with Crippen LogP contribution in [0.15, 0.2) is 24.3 Å². The molecule has 0 aliphatic carbocycles. The summed E-state index contributed by atoms with van der Waals surface area (Å²) in [4.78, 5) is 11.8. The summed E-state index contributed by atoms with van der Waals surface area (Å²) in [5, 5.41) is 6.12. The van der Waals surface area contributed by atoms with Crippen LogP contribution in [0.2, 0.25) is 0 Å². The quantitative estimate of drug-likeness (QED) is 0.804. The highest BCUT2D eigenvalue weighted by atomic mass is 16.5. The predicted molar refractivity (Wildman–Crippen MR) is 82.0 cm³/mol. The summed E-state index contributed by atoms with van der Waals surface area (Å²) in [6.07, 6.45) is 0. The molecule has 2 N–H and O–H groups in total. The Morgan fingerprint density at radius 2 is 1.75 bits per heavy atom. The molecular formula is C16H26N2O2. The zero-order chi connectivity index (χ0) is 15.1. The van der Waals surface area contributed by atoms with Crippen molar-refractivity contribution in [2.24, 2.45) is 0 Å². The summed E-state index contributed by atoms with van der Waals surface area (Å²) in [6, 6.07) is 7.98. The molecule has 4 heteroatoms. The average molecular weight is 278 g/mol. The van der Waals surface area contributed by atoms with Gasteiger partial charge in [0.1, 0.15) is 12.4 Å². The molecule has 0 saturated heterocycles. The summed E-state index contributed by atoms with van der Waals surface area (Å²) in [7, 11) is 0. The molecule has 0 spiro atoms. The van der Waals surface area contributed by atoms with E-state index in [4.69, 9.17) is 4.74 Å². The Balaban J connectivity index is 2.34. The number of aryl methyl sites for hydroxylation is 1. The van der Waals surface area contributed by atoms with E-state index in [-0.39, 0.29) is 24.0 Å². The first kappa shape index (κ1) is 16.5. The SMILES string of the molecule is Cc1ccc(OCC(C)NC(C)C(=O)NC(C)C)cc1. The number of nitrogens with one attached hydrogen (secondary N) is 2. The van der Waals surface area contributed by atoms with E-state index in [9.17, 15) is 4.79 Å². The molecule has 1 aromatic rings. The van der Waals surface area contributed by atoms with E-state index >= 15 is 0 Å². The van der Waals surface area contributed by atoms with Crippen LogP contribution in [-0.4, -0.2) is 30.6 Å². The summed E-state index contributed by atoms with van der Waals surface area (Å²) < 4.78 is 5.69. The minimum atomic E-state index is -0.228. The van der Waals surface area contributed by atoms with Gasteiger partial charge in [0, 0.05) is 12.1 Å². The van der Waals surface area contributed by atoms with Gasteiger partial charge in [0.05, 0.1) is 6.04 Å². The second kappa shape index (κ2) is 7.90. The van der Waals surface area contributed by atoms with Gasteiger partial charge in [-0.1, -0.05) is 17.7 Å². The lowest BCUT2D eigenvalue weighted by molar-refractivity contribution is -0.123. The van der Waals surface area contributed by atoms with E-state index in [1.54, 1.807) is 0 Å². The minimum absolute atomic E-state index is 0.0159. The molecule has 4 nitrogen and oxygen atoms in total. The maximum absolute atomic E-state index is 11.8. The maximum atomic E-state index is 11.8. The van der Waals surface area contributed by atoms with Gasteiger partial charge in [0.25, 0.3) is 0 Å². The molecule has 0 aliphatic heterocycles. The average Bonchev–Trinajstić information content (AvgIpc) is 2.37. The van der Waals surface area contributed by atoms with Crippen molar-refractivity contribution in [2.75, 3.05) is 6.61 Å². The second-order valence-electron chi connectivity index (χ2n) is 5.58. The van der Waals surface area contributed by atoms with Gasteiger partial charge in [-0.3, -0.25) is 4.79 Å². The molecule has 112 valence electrons. The third-order valence-corrected chi connectivity index (χ3v) is 2.88. The van der Waals surface area contributed by atoms with E-state index in [0.29, 0.717) is 6.61 Å². The monoisotopic (exact) mass is 278 g/mol. The van der Waals surface area contributed by atoms with Crippen LogP contribution >= 0.6 is 0 Å². The molecular weight excluding hydrogens is 252 g/mol. The van der Waals surface area contributed by atoms with Crippen molar-refractivity contribution in [3.8, 4) is 5.75 Å². The first-order valence-corrected chi connectivity index (χ1v) is 7.14. The summed E-state index contributed by atoms with van der Waals surface area (Å²) >= 11 is 0. The van der Waals surface area contributed by atoms with Crippen molar-refractivity contribution in [3.63, 3.8) is 0 Å². The van der Waals surface area contributed by atoms with Crippen molar-refractivity contribution < 1.29 is 9.53 Å². The number of ether oxygens (including phenoxy) is 1. The molecule has 1 aromatic carbocycles. The van der Waals surface area contributed by atoms with Crippen LogP contribution in [0.25, 0.3) is 0 Å². The minimum Gasteiger partial charge on any atom is -0.492 e. The predicted octanol–water partition coefficient (Wildman–Crippen LogP) is 2.27. The van der Waals surface area contributed by atoms with Crippen LogP contribution in [0.3, 0.4) is 0 Å². The zero-order valence-corrected chi connectivity index (χ0v) is 13.1. The number of hydrogen-bond donors (Lipinski definition) is 2. The number of carbonyl (C=O) groups excluding carboxylic acids is 1. The van der Waals surface area contributed by atoms with Crippen molar-refractivity contribution >= 4 is 5.91 Å². The third-order valence-electron chi connectivity index (χ3n) is 2.88. The van der Waals surface area contributed by atoms with Crippen molar-refractivity contribution in [3.05, 3.63) is 29.8 Å². The molecule has 0 radical (unpaired) electrons. The normalized spacial score (nSPS) is 13.9. The summed E-state index contributed by atoms with van der Waals surface area (Å²) in [5.74, 6) is 0.866. The molecule has 2 unspecified atom stereocenters. The lowest BCUT2D eigenvalue weighted by Crippen LogP contribution is -2.48. The van der Waals surface area contributed by atoms with Gasteiger partial charge in [-0.05, 0) is 46.8 Å². The van der Waals surface area contributed by atoms with E-state index in [2.05, 4.69) is 10.6 Å². The molecule has 0 heterocycles. The largest absolute Gasteiger partial charge is 0.492 e. The Labute approximate surface area is 121 Å². The van der Waals surface area contributed by atoms with Crippen LogP contribution < -0.4 is 15.4 Å². The number of rotatable bonds is 7. The van der Waals surface area contributed by atoms with Gasteiger partial charge in [-0.25, -0.2) is 0 Å². The van der Waals surface area contributed by atoms with Crippen molar-refractivity contribution in [1.82, 2.24) is 10.6 Å². The third kappa shape index (κ3) is 6.06. The first-order valence-electron chi connectivity index (χ1n) is 7.14. The van der Waals surface area contributed by atoms with Gasteiger partial charge in [0.2, 0.25) is 5.91 Å². The van der Waals surface area contributed by atoms with Crippen LogP contribution in [0.5, 0.6) is 5.75 Å². The van der Waals surface area contributed by atoms with Gasteiger partial charge in [-0.15, -0.1) is 0 Å². The van der Waals surface area contributed by atoms with E-state index < -0.39 is 0 Å². The van der Waals surface area contributed by atoms with E-state index in [1.165, 1.54) is 5.56 Å². The highest BCUT2D eigenvalue weighted by Gasteiger charge is 2.16. The molecule has 0 aliphatic rings. The van der Waals surface area contributed by atoms with Gasteiger partial charge < -0.3 is 15.4 Å². The van der Waals surface area contributed by atoms with Gasteiger partial charge in [0.15, 0.2) is 0 Å². The fourth-order valence-corrected chi connectivity index (χ4v) is 1.82. The molecule has 2 atom stereocenters. The first-order chi connectivity index (χ1) is 9.38. The van der Waals surface area contributed by atoms with E-state index in [1.807, 2.05) is 58.9 Å². The smallest absolute Gasteiger partial charge is 0.237 e. The Bertz CT molecular complexity index is 415. The Morgan fingerprint density at radius 1 is 1.15 bits per heavy atom. The standard InChI is InChI=1S/C16H26N2O2/c1-11(2)17-16(19)14(5)18-13(4)10-20-15-8-6-12(3)7-9-15/h6-9,11,13-14,18H,10H2,1-5H3,(H,17,19). The molecule has 0 saturated carbocycles. The Kier molecular flexibility index (Phi) is 6.52. The fraction of sp³-hybridized carbons (Fsp3) is 0.562. The summed E-state index contributed by atoms with van der Waals surface area (Å²) in [5.41, 5.74) is 1.21. The molecule has 0 aromatic heterocycles. The number of amides is 1.